The van der Waals surface area contributed by atoms with Crippen LogP contribution in [0.15, 0.2) is 48.5 Å². The second-order valence-electron chi connectivity index (χ2n) is 6.84. The van der Waals surface area contributed by atoms with E-state index in [-0.39, 0.29) is 22.9 Å². The molecule has 30 heavy (non-hydrogen) atoms. The van der Waals surface area contributed by atoms with Crippen LogP contribution < -0.4 is 9.64 Å². The summed E-state index contributed by atoms with van der Waals surface area (Å²) in [6, 6.07) is 13.6. The largest absolute Gasteiger partial charge is 0.496 e. The highest BCUT2D eigenvalue weighted by atomic mass is 16.6. The Hall–Kier alpha value is -3.62. The molecule has 1 aliphatic rings. The Morgan fingerprint density at radius 1 is 1.07 bits per heavy atom. The molecule has 0 bridgehead atoms. The van der Waals surface area contributed by atoms with Gasteiger partial charge in [-0.2, -0.15) is 0 Å². The number of carbonyl (C=O) groups excluding carboxylic acids is 2. The smallest absolute Gasteiger partial charge is 0.342 e. The summed E-state index contributed by atoms with van der Waals surface area (Å²) in [5, 5.41) is 11.0. The Morgan fingerprint density at radius 3 is 2.33 bits per heavy atom. The van der Waals surface area contributed by atoms with Crippen molar-refractivity contribution >= 4 is 23.3 Å². The number of benzene rings is 2. The van der Waals surface area contributed by atoms with Gasteiger partial charge in [0.1, 0.15) is 11.3 Å². The molecule has 9 heteroatoms. The molecule has 0 saturated carbocycles. The van der Waals surface area contributed by atoms with Gasteiger partial charge in [-0.25, -0.2) is 4.79 Å². The highest BCUT2D eigenvalue weighted by Gasteiger charge is 2.29. The fourth-order valence-electron chi connectivity index (χ4n) is 3.32. The highest BCUT2D eigenvalue weighted by molar-refractivity contribution is 5.95. The van der Waals surface area contributed by atoms with Crippen molar-refractivity contribution in [2.75, 3.05) is 38.2 Å². The van der Waals surface area contributed by atoms with E-state index < -0.39 is 17.0 Å². The number of carbonyl (C=O) groups is 2. The van der Waals surface area contributed by atoms with Crippen molar-refractivity contribution in [3.05, 3.63) is 64.2 Å². The number of esters is 1. The number of nitrogens with zero attached hydrogens (tertiary/aromatic N) is 3. The van der Waals surface area contributed by atoms with Crippen LogP contribution in [0.2, 0.25) is 0 Å². The summed E-state index contributed by atoms with van der Waals surface area (Å²) in [6.07, 6.45) is -1.02. The van der Waals surface area contributed by atoms with Crippen molar-refractivity contribution in [3.8, 4) is 5.75 Å². The van der Waals surface area contributed by atoms with Crippen molar-refractivity contribution < 1.29 is 24.0 Å². The molecule has 9 nitrogen and oxygen atoms in total. The zero-order valence-electron chi connectivity index (χ0n) is 16.8. The van der Waals surface area contributed by atoms with Gasteiger partial charge in [0.2, 0.25) is 0 Å². The molecule has 1 aliphatic heterocycles. The summed E-state index contributed by atoms with van der Waals surface area (Å²) >= 11 is 0. The molecule has 1 saturated heterocycles. The molecule has 1 heterocycles. The van der Waals surface area contributed by atoms with Gasteiger partial charge in [0.05, 0.1) is 12.0 Å². The molecule has 0 aromatic heterocycles. The first-order chi connectivity index (χ1) is 14.4. The van der Waals surface area contributed by atoms with Gasteiger partial charge in [-0.1, -0.05) is 18.2 Å². The summed E-state index contributed by atoms with van der Waals surface area (Å²) in [5.74, 6) is -1.01. The molecule has 2 aromatic carbocycles. The number of para-hydroxylation sites is 1. The fourth-order valence-corrected chi connectivity index (χ4v) is 3.32. The predicted molar refractivity (Wildman–Crippen MR) is 110 cm³/mol. The highest BCUT2D eigenvalue weighted by Crippen LogP contribution is 2.25. The number of rotatable bonds is 6. The third kappa shape index (κ3) is 4.68. The van der Waals surface area contributed by atoms with Gasteiger partial charge in [0, 0.05) is 44.0 Å². The van der Waals surface area contributed by atoms with Crippen molar-refractivity contribution in [3.63, 3.8) is 0 Å². The summed E-state index contributed by atoms with van der Waals surface area (Å²) in [7, 11) is 1.35. The quantitative estimate of drug-likeness (QED) is 0.407. The Balaban J connectivity index is 1.61. The third-order valence-electron chi connectivity index (χ3n) is 4.96. The number of anilines is 1. The van der Waals surface area contributed by atoms with E-state index in [0.717, 1.165) is 11.8 Å². The van der Waals surface area contributed by atoms with Crippen LogP contribution in [0.1, 0.15) is 17.3 Å². The van der Waals surface area contributed by atoms with Gasteiger partial charge in [0.25, 0.3) is 11.6 Å². The fraction of sp³-hybridized carbons (Fsp3) is 0.333. The van der Waals surface area contributed by atoms with E-state index in [1.165, 1.54) is 26.2 Å². The van der Waals surface area contributed by atoms with Gasteiger partial charge in [-0.15, -0.1) is 0 Å². The van der Waals surface area contributed by atoms with Crippen LogP contribution in [0.25, 0.3) is 0 Å². The number of hydrogen-bond acceptors (Lipinski definition) is 7. The molecule has 2 aromatic rings. The first-order valence-corrected chi connectivity index (χ1v) is 9.53. The van der Waals surface area contributed by atoms with Crippen LogP contribution in [-0.4, -0.2) is 61.1 Å². The lowest BCUT2D eigenvalue weighted by Crippen LogP contribution is -2.51. The molecule has 0 spiro atoms. The van der Waals surface area contributed by atoms with Crippen molar-refractivity contribution in [2.24, 2.45) is 0 Å². The number of non-ortho nitro benzene ring substituents is 1. The molecule has 0 N–H and O–H groups in total. The minimum Gasteiger partial charge on any atom is -0.496 e. The van der Waals surface area contributed by atoms with Crippen LogP contribution in [0, 0.1) is 10.1 Å². The number of amides is 1. The minimum absolute atomic E-state index is 0.0970. The monoisotopic (exact) mass is 413 g/mol. The average Bonchev–Trinajstić information content (AvgIpc) is 2.78. The number of ether oxygens (including phenoxy) is 2. The molecule has 158 valence electrons. The van der Waals surface area contributed by atoms with Crippen LogP contribution in [0.4, 0.5) is 11.4 Å². The van der Waals surface area contributed by atoms with Crippen molar-refractivity contribution in [2.45, 2.75) is 13.0 Å². The van der Waals surface area contributed by atoms with E-state index in [1.807, 2.05) is 30.3 Å². The van der Waals surface area contributed by atoms with Crippen LogP contribution in [-0.2, 0) is 9.53 Å². The Kier molecular flexibility index (Phi) is 6.51. The summed E-state index contributed by atoms with van der Waals surface area (Å²) in [4.78, 5) is 39.5. The number of nitro groups is 1. The average molecular weight is 413 g/mol. The standard InChI is InChI=1S/C21H23N3O6/c1-15(30-21(26)18-14-17(24(27)28)8-9-19(18)29-2)20(25)23-12-10-22(11-13-23)16-6-4-3-5-7-16/h3-9,14-15H,10-13H2,1-2H3. The Labute approximate surface area is 173 Å². The molecule has 1 fully saturated rings. The molecular weight excluding hydrogens is 390 g/mol. The summed E-state index contributed by atoms with van der Waals surface area (Å²) in [5.41, 5.74) is 0.737. The zero-order chi connectivity index (χ0) is 21.7. The number of nitro benzene ring substituents is 1. The van der Waals surface area contributed by atoms with E-state index in [1.54, 1.807) is 4.90 Å². The minimum atomic E-state index is -1.02. The predicted octanol–water partition coefficient (Wildman–Crippen LogP) is 2.50. The van der Waals surface area contributed by atoms with Crippen molar-refractivity contribution in [1.29, 1.82) is 0 Å². The number of hydrogen-bond donors (Lipinski definition) is 0. The van der Waals surface area contributed by atoms with E-state index in [2.05, 4.69) is 4.90 Å². The van der Waals surface area contributed by atoms with E-state index in [0.29, 0.717) is 26.2 Å². The maximum atomic E-state index is 12.7. The van der Waals surface area contributed by atoms with Crippen LogP contribution >= 0.6 is 0 Å². The summed E-state index contributed by atoms with van der Waals surface area (Å²) in [6.45, 7) is 3.86. The lowest BCUT2D eigenvalue weighted by atomic mass is 10.1. The van der Waals surface area contributed by atoms with Gasteiger partial charge in [-0.05, 0) is 25.1 Å². The van der Waals surface area contributed by atoms with Crippen molar-refractivity contribution in [1.82, 2.24) is 4.90 Å². The first-order valence-electron chi connectivity index (χ1n) is 9.53. The normalized spacial score (nSPS) is 14.7. The van der Waals surface area contributed by atoms with E-state index >= 15 is 0 Å². The molecule has 0 aliphatic carbocycles. The Morgan fingerprint density at radius 2 is 1.73 bits per heavy atom. The lowest BCUT2D eigenvalue weighted by Gasteiger charge is -2.37. The van der Waals surface area contributed by atoms with Gasteiger partial charge in [-0.3, -0.25) is 14.9 Å². The number of methoxy groups -OCH3 is 1. The second kappa shape index (κ2) is 9.25. The lowest BCUT2D eigenvalue weighted by molar-refractivity contribution is -0.384. The van der Waals surface area contributed by atoms with E-state index in [4.69, 9.17) is 9.47 Å². The van der Waals surface area contributed by atoms with E-state index in [9.17, 15) is 19.7 Å². The maximum Gasteiger partial charge on any atom is 0.342 e. The number of piperazine rings is 1. The Bertz CT molecular complexity index is 926. The van der Waals surface area contributed by atoms with Gasteiger partial charge in [0.15, 0.2) is 6.10 Å². The van der Waals surface area contributed by atoms with Gasteiger partial charge < -0.3 is 19.3 Å². The zero-order valence-corrected chi connectivity index (χ0v) is 16.8. The molecular formula is C21H23N3O6. The van der Waals surface area contributed by atoms with Crippen LogP contribution in [0.3, 0.4) is 0 Å². The first kappa shape index (κ1) is 21.1. The molecule has 1 atom stereocenters. The molecule has 1 unspecified atom stereocenters. The molecule has 1 amide bonds. The maximum absolute atomic E-state index is 12.7. The molecule has 3 rings (SSSR count). The SMILES string of the molecule is COc1ccc([N+](=O)[O-])cc1C(=O)OC(C)C(=O)N1CCN(c2ccccc2)CC1. The third-order valence-corrected chi connectivity index (χ3v) is 4.96. The van der Waals surface area contributed by atoms with Crippen LogP contribution in [0.5, 0.6) is 5.75 Å². The molecule has 0 radical (unpaired) electrons. The summed E-state index contributed by atoms with van der Waals surface area (Å²) < 4.78 is 10.4. The van der Waals surface area contributed by atoms with Gasteiger partial charge >= 0.3 is 5.97 Å². The topological polar surface area (TPSA) is 102 Å². The second-order valence-corrected chi connectivity index (χ2v) is 6.84.